The maximum Gasteiger partial charge on any atom is 0.306 e. The van der Waals surface area contributed by atoms with Crippen molar-refractivity contribution in [1.29, 1.82) is 0 Å². The fraction of sp³-hybridized carbons (Fsp3) is 0.300. The molecule has 0 saturated carbocycles. The molecule has 0 unspecified atom stereocenters. The van der Waals surface area contributed by atoms with Crippen LogP contribution in [0.1, 0.15) is 19.8 Å². The lowest BCUT2D eigenvalue weighted by Crippen LogP contribution is -2.28. The van der Waals surface area contributed by atoms with Crippen LogP contribution in [0.25, 0.3) is 0 Å². The van der Waals surface area contributed by atoms with E-state index < -0.39 is 11.9 Å². The fourth-order valence-corrected chi connectivity index (χ4v) is 2.36. The van der Waals surface area contributed by atoms with Gasteiger partial charge in [-0.2, -0.15) is 10.2 Å². The van der Waals surface area contributed by atoms with E-state index in [1.54, 1.807) is 0 Å². The van der Waals surface area contributed by atoms with E-state index in [4.69, 9.17) is 9.84 Å². The minimum atomic E-state index is -1.01. The molecule has 7 heteroatoms. The summed E-state index contributed by atoms with van der Waals surface area (Å²) in [4.78, 5) is 24.0. The predicted octanol–water partition coefficient (Wildman–Crippen LogP) is 4.34. The Hall–Kier alpha value is -3.22. The molecule has 142 valence electrons. The van der Waals surface area contributed by atoms with Crippen molar-refractivity contribution in [2.75, 3.05) is 24.6 Å². The first-order chi connectivity index (χ1) is 13.1. The first kappa shape index (κ1) is 20.1. The van der Waals surface area contributed by atoms with Crippen LogP contribution >= 0.6 is 0 Å². The number of hydrogen-bond donors (Lipinski definition) is 1. The topological polar surface area (TPSA) is 91.6 Å². The number of hydrogen-bond acceptors (Lipinski definition) is 6. The lowest BCUT2D eigenvalue weighted by atomic mass is 10.2. The van der Waals surface area contributed by atoms with Crippen LogP contribution in [0.2, 0.25) is 0 Å². The molecule has 0 spiro atoms. The van der Waals surface area contributed by atoms with Gasteiger partial charge in [0.25, 0.3) is 0 Å². The number of anilines is 1. The van der Waals surface area contributed by atoms with E-state index in [9.17, 15) is 9.59 Å². The van der Waals surface area contributed by atoms with Gasteiger partial charge in [-0.15, -0.1) is 0 Å². The normalized spacial score (nSPS) is 10.7. The zero-order valence-corrected chi connectivity index (χ0v) is 15.2. The summed E-state index contributed by atoms with van der Waals surface area (Å²) >= 11 is 0. The number of azo groups is 1. The fourth-order valence-electron chi connectivity index (χ4n) is 2.36. The van der Waals surface area contributed by atoms with Crippen molar-refractivity contribution in [3.05, 3.63) is 54.6 Å². The molecule has 0 heterocycles. The molecule has 7 nitrogen and oxygen atoms in total. The summed E-state index contributed by atoms with van der Waals surface area (Å²) in [6, 6.07) is 17.1. The summed E-state index contributed by atoms with van der Waals surface area (Å²) in [5, 5.41) is 17.0. The van der Waals surface area contributed by atoms with Crippen molar-refractivity contribution in [3.63, 3.8) is 0 Å². The Morgan fingerprint density at radius 3 is 2.19 bits per heavy atom. The number of carbonyl (C=O) groups excluding carboxylic acids is 1. The second-order valence-corrected chi connectivity index (χ2v) is 5.75. The molecule has 2 aromatic rings. The van der Waals surface area contributed by atoms with Crippen molar-refractivity contribution >= 4 is 29.0 Å². The van der Waals surface area contributed by atoms with Gasteiger partial charge in [0.15, 0.2) is 0 Å². The van der Waals surface area contributed by atoms with Gasteiger partial charge in [-0.3, -0.25) is 9.59 Å². The molecule has 0 aliphatic rings. The molecule has 1 N–H and O–H groups in total. The van der Waals surface area contributed by atoms with Crippen molar-refractivity contribution < 1.29 is 19.4 Å². The van der Waals surface area contributed by atoms with E-state index in [0.29, 0.717) is 6.54 Å². The summed E-state index contributed by atoms with van der Waals surface area (Å²) in [5.74, 6) is -1.50. The van der Waals surface area contributed by atoms with E-state index in [1.165, 1.54) is 0 Å². The molecule has 0 amide bonds. The molecule has 0 fully saturated rings. The molecule has 0 aliphatic heterocycles. The largest absolute Gasteiger partial charge is 0.481 e. The second kappa shape index (κ2) is 10.7. The molecule has 2 rings (SSSR count). The van der Waals surface area contributed by atoms with E-state index in [1.807, 2.05) is 61.5 Å². The Balaban J connectivity index is 1.85. The highest BCUT2D eigenvalue weighted by molar-refractivity contribution is 5.76. The van der Waals surface area contributed by atoms with E-state index >= 15 is 0 Å². The zero-order chi connectivity index (χ0) is 19.5. The lowest BCUT2D eigenvalue weighted by Gasteiger charge is -2.22. The lowest BCUT2D eigenvalue weighted by molar-refractivity contribution is -0.147. The number of ether oxygens (including phenoxy) is 1. The van der Waals surface area contributed by atoms with Crippen molar-refractivity contribution in [2.24, 2.45) is 10.2 Å². The summed E-state index contributed by atoms with van der Waals surface area (Å²) < 4.78 is 5.08. The molecular formula is C20H23N3O4. The summed E-state index contributed by atoms with van der Waals surface area (Å²) in [6.45, 7) is 3.49. The van der Waals surface area contributed by atoms with Gasteiger partial charge in [-0.05, 0) is 43.3 Å². The second-order valence-electron chi connectivity index (χ2n) is 5.75. The highest BCUT2D eigenvalue weighted by Crippen LogP contribution is 2.22. The van der Waals surface area contributed by atoms with Crippen LogP contribution in [0.4, 0.5) is 17.1 Å². The molecule has 0 aromatic heterocycles. The molecule has 0 aliphatic carbocycles. The third-order valence-electron chi connectivity index (χ3n) is 3.80. The summed E-state index contributed by atoms with van der Waals surface area (Å²) in [6.07, 6.45) is -0.322. The number of esters is 1. The number of carboxylic acid groups (broad SMARTS) is 1. The monoisotopic (exact) mass is 369 g/mol. The molecule has 0 atom stereocenters. The number of carboxylic acids is 1. The summed E-state index contributed by atoms with van der Waals surface area (Å²) in [7, 11) is 0. The number of benzene rings is 2. The smallest absolute Gasteiger partial charge is 0.306 e. The number of carbonyl (C=O) groups is 2. The van der Waals surface area contributed by atoms with Gasteiger partial charge in [0.1, 0.15) is 6.61 Å². The highest BCUT2D eigenvalue weighted by atomic mass is 16.5. The van der Waals surface area contributed by atoms with E-state index in [2.05, 4.69) is 15.1 Å². The van der Waals surface area contributed by atoms with Gasteiger partial charge >= 0.3 is 11.9 Å². The van der Waals surface area contributed by atoms with Crippen LogP contribution in [0.5, 0.6) is 0 Å². The zero-order valence-electron chi connectivity index (χ0n) is 15.2. The van der Waals surface area contributed by atoms with Crippen LogP contribution in [0.3, 0.4) is 0 Å². The van der Waals surface area contributed by atoms with Crippen molar-refractivity contribution in [2.45, 2.75) is 19.8 Å². The van der Waals surface area contributed by atoms with E-state index in [-0.39, 0.29) is 19.4 Å². The molecule has 27 heavy (non-hydrogen) atoms. The average Bonchev–Trinajstić information content (AvgIpc) is 2.69. The maximum absolute atomic E-state index is 11.5. The van der Waals surface area contributed by atoms with Crippen LogP contribution in [-0.4, -0.2) is 36.7 Å². The van der Waals surface area contributed by atoms with Gasteiger partial charge in [-0.25, -0.2) is 0 Å². The van der Waals surface area contributed by atoms with Crippen LogP contribution < -0.4 is 4.90 Å². The SMILES string of the molecule is CCN(CCOC(=O)CCC(=O)O)c1ccc(N=Nc2ccccc2)cc1. The molecule has 2 aromatic carbocycles. The van der Waals surface area contributed by atoms with Gasteiger partial charge in [0.2, 0.25) is 0 Å². The Kier molecular flexibility index (Phi) is 7.96. The predicted molar refractivity (Wildman–Crippen MR) is 103 cm³/mol. The highest BCUT2D eigenvalue weighted by Gasteiger charge is 2.09. The molecular weight excluding hydrogens is 346 g/mol. The van der Waals surface area contributed by atoms with Crippen LogP contribution in [-0.2, 0) is 14.3 Å². The number of likely N-dealkylation sites (N-methyl/N-ethyl adjacent to an activating group) is 1. The quantitative estimate of drug-likeness (QED) is 0.497. The van der Waals surface area contributed by atoms with Crippen molar-refractivity contribution in [1.82, 2.24) is 0 Å². The standard InChI is InChI=1S/C20H23N3O4/c1-2-23(14-15-27-20(26)13-12-19(24)25)18-10-8-17(9-11-18)22-21-16-6-4-3-5-7-16/h3-11H,2,12-15H2,1H3,(H,24,25). The number of aliphatic carboxylic acids is 1. The van der Waals surface area contributed by atoms with Gasteiger partial charge < -0.3 is 14.7 Å². The minimum absolute atomic E-state index is 0.109. The number of rotatable bonds is 10. The summed E-state index contributed by atoms with van der Waals surface area (Å²) in [5.41, 5.74) is 2.53. The van der Waals surface area contributed by atoms with Gasteiger partial charge in [0.05, 0.1) is 30.8 Å². The Morgan fingerprint density at radius 2 is 1.59 bits per heavy atom. The van der Waals surface area contributed by atoms with Crippen LogP contribution in [0, 0.1) is 0 Å². The first-order valence-electron chi connectivity index (χ1n) is 8.77. The van der Waals surface area contributed by atoms with Gasteiger partial charge in [0, 0.05) is 12.2 Å². The first-order valence-corrected chi connectivity index (χ1v) is 8.77. The number of nitrogens with zero attached hydrogens (tertiary/aromatic N) is 3. The molecule has 0 bridgehead atoms. The third kappa shape index (κ3) is 7.27. The van der Waals surface area contributed by atoms with Crippen LogP contribution in [0.15, 0.2) is 64.8 Å². The van der Waals surface area contributed by atoms with E-state index in [0.717, 1.165) is 23.6 Å². The Labute approximate surface area is 158 Å². The average molecular weight is 369 g/mol. The Morgan fingerprint density at radius 1 is 0.963 bits per heavy atom. The molecule has 0 radical (unpaired) electrons. The Bertz CT molecular complexity index is 761. The maximum atomic E-state index is 11.5. The molecule has 0 saturated heterocycles. The van der Waals surface area contributed by atoms with Crippen molar-refractivity contribution in [3.8, 4) is 0 Å². The van der Waals surface area contributed by atoms with Gasteiger partial charge in [-0.1, -0.05) is 18.2 Å². The third-order valence-corrected chi connectivity index (χ3v) is 3.80. The minimum Gasteiger partial charge on any atom is -0.481 e.